The molecular formula is C16H13FN2O2. The highest BCUT2D eigenvalue weighted by atomic mass is 19.1. The number of anilines is 1. The minimum absolute atomic E-state index is 0.241. The van der Waals surface area contributed by atoms with Gasteiger partial charge in [0, 0.05) is 6.54 Å². The minimum Gasteiger partial charge on any atom is -0.478 e. The summed E-state index contributed by atoms with van der Waals surface area (Å²) in [6.07, 6.45) is 0.638. The summed E-state index contributed by atoms with van der Waals surface area (Å²) in [6, 6.07) is 12.7. The first-order valence-corrected chi connectivity index (χ1v) is 6.36. The molecule has 0 bridgehead atoms. The molecule has 0 aliphatic rings. The van der Waals surface area contributed by atoms with E-state index in [1.54, 1.807) is 30.3 Å². The van der Waals surface area contributed by atoms with Crippen LogP contribution in [0.2, 0.25) is 0 Å². The van der Waals surface area contributed by atoms with Crippen LogP contribution in [0.4, 0.5) is 10.1 Å². The molecule has 2 rings (SSSR count). The summed E-state index contributed by atoms with van der Waals surface area (Å²) in [5.41, 5.74) is 1.82. The Morgan fingerprint density at radius 1 is 1.24 bits per heavy atom. The van der Waals surface area contributed by atoms with Gasteiger partial charge in [0.15, 0.2) is 0 Å². The van der Waals surface area contributed by atoms with Crippen LogP contribution in [0.15, 0.2) is 42.5 Å². The van der Waals surface area contributed by atoms with Gasteiger partial charge < -0.3 is 10.4 Å². The van der Waals surface area contributed by atoms with E-state index in [-0.39, 0.29) is 11.1 Å². The Bertz CT molecular complexity index is 690. The lowest BCUT2D eigenvalue weighted by Crippen LogP contribution is -2.06. The van der Waals surface area contributed by atoms with Crippen molar-refractivity contribution in [2.45, 2.75) is 6.42 Å². The van der Waals surface area contributed by atoms with Crippen LogP contribution in [0.5, 0.6) is 0 Å². The first-order chi connectivity index (χ1) is 10.1. The van der Waals surface area contributed by atoms with Crippen LogP contribution in [-0.4, -0.2) is 17.6 Å². The molecule has 0 aliphatic carbocycles. The standard InChI is InChI=1S/C16H13FN2O2/c17-14-9-12(10-18)3-6-15(14)19-8-7-11-1-4-13(5-2-11)16(20)21/h1-6,9,19H,7-8H2,(H,20,21). The number of benzene rings is 2. The zero-order chi connectivity index (χ0) is 15.2. The van der Waals surface area contributed by atoms with Crippen LogP contribution >= 0.6 is 0 Å². The number of nitrogens with zero attached hydrogens (tertiary/aromatic N) is 1. The third-order valence-electron chi connectivity index (χ3n) is 3.03. The highest BCUT2D eigenvalue weighted by Crippen LogP contribution is 2.15. The topological polar surface area (TPSA) is 73.1 Å². The fourth-order valence-electron chi connectivity index (χ4n) is 1.88. The van der Waals surface area contributed by atoms with Gasteiger partial charge in [0.25, 0.3) is 0 Å². The number of hydrogen-bond donors (Lipinski definition) is 2. The molecule has 2 aromatic rings. The molecule has 4 nitrogen and oxygen atoms in total. The predicted molar refractivity (Wildman–Crippen MR) is 76.7 cm³/mol. The molecule has 2 N–H and O–H groups in total. The number of aromatic carboxylic acids is 1. The first kappa shape index (κ1) is 14.5. The number of nitriles is 1. The molecule has 0 saturated heterocycles. The summed E-state index contributed by atoms with van der Waals surface area (Å²) in [7, 11) is 0. The Kier molecular flexibility index (Phi) is 4.52. The van der Waals surface area contributed by atoms with Gasteiger partial charge in [-0.3, -0.25) is 0 Å². The van der Waals surface area contributed by atoms with Gasteiger partial charge in [-0.15, -0.1) is 0 Å². The molecule has 0 amide bonds. The summed E-state index contributed by atoms with van der Waals surface area (Å²) in [6.45, 7) is 0.509. The molecule has 5 heteroatoms. The third-order valence-corrected chi connectivity index (χ3v) is 3.03. The second-order valence-corrected chi connectivity index (χ2v) is 4.49. The summed E-state index contributed by atoms with van der Waals surface area (Å²) in [4.78, 5) is 10.7. The third kappa shape index (κ3) is 3.80. The van der Waals surface area contributed by atoms with Crippen molar-refractivity contribution in [2.24, 2.45) is 0 Å². The van der Waals surface area contributed by atoms with Crippen molar-refractivity contribution in [3.05, 3.63) is 65.0 Å². The van der Waals surface area contributed by atoms with Crippen LogP contribution in [0, 0.1) is 17.1 Å². The van der Waals surface area contributed by atoms with Gasteiger partial charge in [0.2, 0.25) is 0 Å². The van der Waals surface area contributed by atoms with E-state index in [1.165, 1.54) is 12.1 Å². The number of carbonyl (C=O) groups is 1. The monoisotopic (exact) mass is 284 g/mol. The number of hydrogen-bond acceptors (Lipinski definition) is 3. The molecule has 0 aromatic heterocycles. The fourth-order valence-corrected chi connectivity index (χ4v) is 1.88. The highest BCUT2D eigenvalue weighted by molar-refractivity contribution is 5.87. The zero-order valence-electron chi connectivity index (χ0n) is 11.1. The number of halogens is 1. The van der Waals surface area contributed by atoms with Gasteiger partial charge >= 0.3 is 5.97 Å². The van der Waals surface area contributed by atoms with E-state index < -0.39 is 11.8 Å². The molecule has 0 heterocycles. The summed E-state index contributed by atoms with van der Waals surface area (Å²) in [5.74, 6) is -1.42. The quantitative estimate of drug-likeness (QED) is 0.885. The largest absolute Gasteiger partial charge is 0.478 e. The summed E-state index contributed by atoms with van der Waals surface area (Å²) >= 11 is 0. The van der Waals surface area contributed by atoms with Crippen LogP contribution in [0.3, 0.4) is 0 Å². The average molecular weight is 284 g/mol. The van der Waals surface area contributed by atoms with E-state index in [9.17, 15) is 9.18 Å². The molecule has 0 atom stereocenters. The molecule has 0 unspecified atom stereocenters. The first-order valence-electron chi connectivity index (χ1n) is 6.36. The average Bonchev–Trinajstić information content (AvgIpc) is 2.49. The molecule has 0 aliphatic heterocycles. The highest BCUT2D eigenvalue weighted by Gasteiger charge is 2.04. The van der Waals surface area contributed by atoms with Gasteiger partial charge in [-0.05, 0) is 42.3 Å². The molecule has 0 spiro atoms. The second-order valence-electron chi connectivity index (χ2n) is 4.49. The maximum Gasteiger partial charge on any atom is 0.335 e. The number of carboxylic acid groups (broad SMARTS) is 1. The normalized spacial score (nSPS) is 9.90. The van der Waals surface area contributed by atoms with Gasteiger partial charge in [-0.1, -0.05) is 12.1 Å². The van der Waals surface area contributed by atoms with Crippen molar-refractivity contribution in [3.63, 3.8) is 0 Å². The zero-order valence-corrected chi connectivity index (χ0v) is 11.1. The van der Waals surface area contributed by atoms with Crippen LogP contribution in [0.1, 0.15) is 21.5 Å². The molecule has 0 fully saturated rings. The maximum absolute atomic E-state index is 13.6. The molecule has 0 radical (unpaired) electrons. The van der Waals surface area contributed by atoms with Crippen molar-refractivity contribution >= 4 is 11.7 Å². The van der Waals surface area contributed by atoms with E-state index >= 15 is 0 Å². The van der Waals surface area contributed by atoms with Crippen molar-refractivity contribution in [3.8, 4) is 6.07 Å². The Hall–Kier alpha value is -2.87. The fraction of sp³-hybridized carbons (Fsp3) is 0.125. The molecule has 106 valence electrons. The number of nitrogens with one attached hydrogen (secondary N) is 1. The van der Waals surface area contributed by atoms with Crippen molar-refractivity contribution in [1.82, 2.24) is 0 Å². The molecule has 0 saturated carbocycles. The second kappa shape index (κ2) is 6.53. The summed E-state index contributed by atoms with van der Waals surface area (Å²) < 4.78 is 13.6. The van der Waals surface area contributed by atoms with E-state index in [1.807, 2.05) is 6.07 Å². The lowest BCUT2D eigenvalue weighted by atomic mass is 10.1. The lowest BCUT2D eigenvalue weighted by Gasteiger charge is -2.08. The maximum atomic E-state index is 13.6. The van der Waals surface area contributed by atoms with Crippen LogP contribution in [-0.2, 0) is 6.42 Å². The van der Waals surface area contributed by atoms with Gasteiger partial charge in [0.1, 0.15) is 5.82 Å². The van der Waals surface area contributed by atoms with Crippen LogP contribution < -0.4 is 5.32 Å². The Balaban J connectivity index is 1.92. The van der Waals surface area contributed by atoms with Crippen LogP contribution in [0.25, 0.3) is 0 Å². The SMILES string of the molecule is N#Cc1ccc(NCCc2ccc(C(=O)O)cc2)c(F)c1. The van der Waals surface area contributed by atoms with E-state index in [0.717, 1.165) is 5.56 Å². The Morgan fingerprint density at radius 3 is 2.52 bits per heavy atom. The molecular weight excluding hydrogens is 271 g/mol. The van der Waals surface area contributed by atoms with E-state index in [4.69, 9.17) is 10.4 Å². The predicted octanol–water partition coefficient (Wildman–Crippen LogP) is 3.05. The minimum atomic E-state index is -0.959. The molecule has 21 heavy (non-hydrogen) atoms. The van der Waals surface area contributed by atoms with Crippen molar-refractivity contribution < 1.29 is 14.3 Å². The van der Waals surface area contributed by atoms with Crippen molar-refractivity contribution in [2.75, 3.05) is 11.9 Å². The summed E-state index contributed by atoms with van der Waals surface area (Å²) in [5, 5.41) is 20.4. The Labute approximate surface area is 121 Å². The number of carboxylic acids is 1. The van der Waals surface area contributed by atoms with Gasteiger partial charge in [-0.25, -0.2) is 9.18 Å². The molecule has 2 aromatic carbocycles. The Morgan fingerprint density at radius 2 is 1.95 bits per heavy atom. The smallest absolute Gasteiger partial charge is 0.335 e. The number of rotatable bonds is 5. The van der Waals surface area contributed by atoms with Crippen molar-refractivity contribution in [1.29, 1.82) is 5.26 Å². The van der Waals surface area contributed by atoms with Gasteiger partial charge in [-0.2, -0.15) is 5.26 Å². The van der Waals surface area contributed by atoms with Gasteiger partial charge in [0.05, 0.1) is 22.9 Å². The van der Waals surface area contributed by atoms with E-state index in [2.05, 4.69) is 5.32 Å². The van der Waals surface area contributed by atoms with E-state index in [0.29, 0.717) is 18.7 Å². The lowest BCUT2D eigenvalue weighted by molar-refractivity contribution is 0.0697.